The normalized spacial score (nSPS) is 10.4. The second kappa shape index (κ2) is 3.93. The molecular formula is C13H15N3. The second-order valence-corrected chi connectivity index (χ2v) is 4.07. The molecule has 16 heavy (non-hydrogen) atoms. The summed E-state index contributed by atoms with van der Waals surface area (Å²) in [6.45, 7) is 5.96. The predicted octanol–water partition coefficient (Wildman–Crippen LogP) is 2.65. The number of aryl methyl sites for hydroxylation is 3. The van der Waals surface area contributed by atoms with Crippen LogP contribution in [0.4, 0.5) is 5.69 Å². The number of hydrogen-bond acceptors (Lipinski definition) is 3. The van der Waals surface area contributed by atoms with Gasteiger partial charge in [-0.2, -0.15) is 0 Å². The van der Waals surface area contributed by atoms with E-state index in [9.17, 15) is 0 Å². The van der Waals surface area contributed by atoms with E-state index in [1.807, 2.05) is 45.0 Å². The number of anilines is 1. The third kappa shape index (κ3) is 2.03. The van der Waals surface area contributed by atoms with Crippen LogP contribution in [0.5, 0.6) is 0 Å². The van der Waals surface area contributed by atoms with Gasteiger partial charge in [-0.25, -0.2) is 9.97 Å². The van der Waals surface area contributed by atoms with E-state index in [2.05, 4.69) is 9.97 Å². The number of benzene rings is 1. The van der Waals surface area contributed by atoms with E-state index in [1.165, 1.54) is 0 Å². The molecule has 0 saturated heterocycles. The summed E-state index contributed by atoms with van der Waals surface area (Å²) >= 11 is 0. The topological polar surface area (TPSA) is 51.8 Å². The molecule has 0 fully saturated rings. The Morgan fingerprint density at radius 1 is 0.938 bits per heavy atom. The van der Waals surface area contributed by atoms with Crippen molar-refractivity contribution < 1.29 is 0 Å². The lowest BCUT2D eigenvalue weighted by molar-refractivity contribution is 1.06. The Bertz CT molecular complexity index is 512. The van der Waals surface area contributed by atoms with Gasteiger partial charge in [-0.05, 0) is 39.0 Å². The molecule has 2 N–H and O–H groups in total. The molecule has 0 aliphatic heterocycles. The van der Waals surface area contributed by atoms with Crippen molar-refractivity contribution in [3.63, 3.8) is 0 Å². The smallest absolute Gasteiger partial charge is 0.161 e. The quantitative estimate of drug-likeness (QED) is 0.741. The highest BCUT2D eigenvalue weighted by molar-refractivity contribution is 5.72. The van der Waals surface area contributed by atoms with Gasteiger partial charge < -0.3 is 5.73 Å². The van der Waals surface area contributed by atoms with Crippen molar-refractivity contribution in [1.29, 1.82) is 0 Å². The molecule has 0 unspecified atom stereocenters. The molecule has 3 nitrogen and oxygen atoms in total. The highest BCUT2D eigenvalue weighted by Gasteiger charge is 2.07. The summed E-state index contributed by atoms with van der Waals surface area (Å²) in [5, 5.41) is 0. The van der Waals surface area contributed by atoms with Crippen LogP contribution in [0.25, 0.3) is 11.4 Å². The van der Waals surface area contributed by atoms with Gasteiger partial charge >= 0.3 is 0 Å². The highest BCUT2D eigenvalue weighted by atomic mass is 14.9. The van der Waals surface area contributed by atoms with Crippen LogP contribution in [-0.4, -0.2) is 9.97 Å². The van der Waals surface area contributed by atoms with E-state index in [0.29, 0.717) is 5.82 Å². The van der Waals surface area contributed by atoms with Crippen molar-refractivity contribution in [1.82, 2.24) is 9.97 Å². The zero-order valence-corrected chi connectivity index (χ0v) is 9.78. The van der Waals surface area contributed by atoms with E-state index in [1.54, 1.807) is 0 Å². The van der Waals surface area contributed by atoms with E-state index < -0.39 is 0 Å². The number of nitrogens with zero attached hydrogens (tertiary/aromatic N) is 2. The molecule has 2 aromatic rings. The van der Waals surface area contributed by atoms with Gasteiger partial charge in [0.05, 0.1) is 0 Å². The van der Waals surface area contributed by atoms with E-state index in [-0.39, 0.29) is 0 Å². The fourth-order valence-electron chi connectivity index (χ4n) is 1.71. The number of hydrogen-bond donors (Lipinski definition) is 1. The standard InChI is InChI=1S/C13H15N3/c1-8-4-5-12(14)11(6-8)13-15-9(2)7-10(3)16-13/h4-7H,14H2,1-3H3. The molecule has 0 spiro atoms. The largest absolute Gasteiger partial charge is 0.398 e. The first-order valence-electron chi connectivity index (χ1n) is 5.25. The summed E-state index contributed by atoms with van der Waals surface area (Å²) in [6, 6.07) is 7.85. The summed E-state index contributed by atoms with van der Waals surface area (Å²) in [7, 11) is 0. The maximum atomic E-state index is 5.94. The van der Waals surface area contributed by atoms with E-state index in [0.717, 1.165) is 28.2 Å². The Morgan fingerprint density at radius 3 is 2.19 bits per heavy atom. The van der Waals surface area contributed by atoms with Crippen molar-refractivity contribution in [2.45, 2.75) is 20.8 Å². The van der Waals surface area contributed by atoms with Gasteiger partial charge in [-0.15, -0.1) is 0 Å². The van der Waals surface area contributed by atoms with Crippen molar-refractivity contribution in [2.75, 3.05) is 5.73 Å². The molecule has 1 heterocycles. The lowest BCUT2D eigenvalue weighted by Gasteiger charge is -2.07. The fraction of sp³-hybridized carbons (Fsp3) is 0.231. The zero-order valence-electron chi connectivity index (χ0n) is 9.78. The van der Waals surface area contributed by atoms with Crippen LogP contribution >= 0.6 is 0 Å². The van der Waals surface area contributed by atoms with Crippen molar-refractivity contribution in [3.8, 4) is 11.4 Å². The summed E-state index contributed by atoms with van der Waals surface area (Å²) in [6.07, 6.45) is 0. The first kappa shape index (κ1) is 10.6. The lowest BCUT2D eigenvalue weighted by Crippen LogP contribution is -1.98. The molecule has 0 amide bonds. The van der Waals surface area contributed by atoms with E-state index >= 15 is 0 Å². The summed E-state index contributed by atoms with van der Waals surface area (Å²) in [5.41, 5.74) is 10.7. The third-order valence-electron chi connectivity index (χ3n) is 2.43. The van der Waals surface area contributed by atoms with Crippen LogP contribution in [0.2, 0.25) is 0 Å². The lowest BCUT2D eigenvalue weighted by atomic mass is 10.1. The van der Waals surface area contributed by atoms with Crippen LogP contribution in [0.15, 0.2) is 24.3 Å². The maximum absolute atomic E-state index is 5.94. The molecule has 3 heteroatoms. The van der Waals surface area contributed by atoms with Crippen LogP contribution in [0.1, 0.15) is 17.0 Å². The van der Waals surface area contributed by atoms with Gasteiger partial charge in [0.25, 0.3) is 0 Å². The van der Waals surface area contributed by atoms with Gasteiger partial charge in [-0.1, -0.05) is 11.6 Å². The zero-order chi connectivity index (χ0) is 11.7. The summed E-state index contributed by atoms with van der Waals surface area (Å²) < 4.78 is 0. The Labute approximate surface area is 95.4 Å². The summed E-state index contributed by atoms with van der Waals surface area (Å²) in [5.74, 6) is 0.707. The molecule has 1 aromatic carbocycles. The second-order valence-electron chi connectivity index (χ2n) is 4.07. The van der Waals surface area contributed by atoms with Crippen LogP contribution in [0.3, 0.4) is 0 Å². The minimum atomic E-state index is 0.707. The van der Waals surface area contributed by atoms with Crippen molar-refractivity contribution in [2.24, 2.45) is 0 Å². The fourth-order valence-corrected chi connectivity index (χ4v) is 1.71. The Kier molecular flexibility index (Phi) is 2.60. The highest BCUT2D eigenvalue weighted by Crippen LogP contribution is 2.24. The van der Waals surface area contributed by atoms with Crippen LogP contribution < -0.4 is 5.73 Å². The molecule has 82 valence electrons. The molecular weight excluding hydrogens is 198 g/mol. The predicted molar refractivity (Wildman–Crippen MR) is 66.1 cm³/mol. The Hall–Kier alpha value is -1.90. The van der Waals surface area contributed by atoms with Gasteiger partial charge in [-0.3, -0.25) is 0 Å². The monoisotopic (exact) mass is 213 g/mol. The number of nitrogen functional groups attached to an aromatic ring is 1. The number of nitrogens with two attached hydrogens (primary N) is 1. The molecule has 0 saturated carbocycles. The SMILES string of the molecule is Cc1ccc(N)c(-c2nc(C)cc(C)n2)c1. The first-order chi connectivity index (χ1) is 7.56. The third-order valence-corrected chi connectivity index (χ3v) is 2.43. The molecule has 0 atom stereocenters. The van der Waals surface area contributed by atoms with Gasteiger partial charge in [0.15, 0.2) is 5.82 Å². The van der Waals surface area contributed by atoms with Crippen molar-refractivity contribution >= 4 is 5.69 Å². The van der Waals surface area contributed by atoms with Gasteiger partial charge in [0.1, 0.15) is 0 Å². The number of rotatable bonds is 1. The Morgan fingerprint density at radius 2 is 1.56 bits per heavy atom. The molecule has 0 radical (unpaired) electrons. The van der Waals surface area contributed by atoms with Crippen LogP contribution in [0, 0.1) is 20.8 Å². The van der Waals surface area contributed by atoms with Gasteiger partial charge in [0.2, 0.25) is 0 Å². The average molecular weight is 213 g/mol. The molecule has 0 aliphatic rings. The molecule has 1 aromatic heterocycles. The molecule has 0 bridgehead atoms. The van der Waals surface area contributed by atoms with Gasteiger partial charge in [0, 0.05) is 22.6 Å². The minimum absolute atomic E-state index is 0.707. The molecule has 2 rings (SSSR count). The van der Waals surface area contributed by atoms with Crippen molar-refractivity contribution in [3.05, 3.63) is 41.2 Å². The van der Waals surface area contributed by atoms with E-state index in [4.69, 9.17) is 5.73 Å². The number of aromatic nitrogens is 2. The Balaban J connectivity index is 2.62. The minimum Gasteiger partial charge on any atom is -0.398 e. The summed E-state index contributed by atoms with van der Waals surface area (Å²) in [4.78, 5) is 8.83. The molecule has 0 aliphatic carbocycles. The average Bonchev–Trinajstić information content (AvgIpc) is 2.20. The maximum Gasteiger partial charge on any atom is 0.161 e. The van der Waals surface area contributed by atoms with Crippen LogP contribution in [-0.2, 0) is 0 Å². The first-order valence-corrected chi connectivity index (χ1v) is 5.25.